The van der Waals surface area contributed by atoms with Crippen LogP contribution in [0.25, 0.3) is 0 Å². The second-order valence-electron chi connectivity index (χ2n) is 6.49. The lowest BCUT2D eigenvalue weighted by Gasteiger charge is -2.30. The molecule has 5 heteroatoms. The summed E-state index contributed by atoms with van der Waals surface area (Å²) < 4.78 is 0.772. The first kappa shape index (κ1) is 18.1. The fourth-order valence-corrected chi connectivity index (χ4v) is 2.79. The molecule has 1 unspecified atom stereocenters. The first-order valence-electron chi connectivity index (χ1n) is 7.37. The average Bonchev–Trinajstić information content (AvgIpc) is 2.36. The second-order valence-corrected chi connectivity index (χ2v) is 7.31. The van der Waals surface area contributed by atoms with Gasteiger partial charge in [-0.15, -0.1) is 0 Å². The van der Waals surface area contributed by atoms with E-state index < -0.39 is 0 Å². The molecule has 1 aromatic rings. The normalized spacial score (nSPS) is 13.0. The molecule has 0 aliphatic heterocycles. The van der Waals surface area contributed by atoms with E-state index >= 15 is 0 Å². The minimum Gasteiger partial charge on any atom is -0.330 e. The van der Waals surface area contributed by atoms with Crippen molar-refractivity contribution in [2.24, 2.45) is 17.1 Å². The van der Waals surface area contributed by atoms with E-state index in [1.165, 1.54) is 0 Å². The van der Waals surface area contributed by atoms with Crippen molar-refractivity contribution in [3.8, 4) is 0 Å². The number of aryl methyl sites for hydroxylation is 1. The van der Waals surface area contributed by atoms with Crippen molar-refractivity contribution in [2.75, 3.05) is 11.9 Å². The number of aromatic nitrogens is 1. The topological polar surface area (TPSA) is 68.0 Å². The molecule has 1 atom stereocenters. The number of nitrogens with two attached hydrogens (primary N) is 1. The van der Waals surface area contributed by atoms with E-state index in [1.807, 2.05) is 19.1 Å². The molecule has 1 rings (SSSR count). The van der Waals surface area contributed by atoms with Crippen molar-refractivity contribution < 1.29 is 4.79 Å². The molecule has 0 saturated carbocycles. The number of nitrogens with zero attached hydrogens (tertiary/aromatic N) is 1. The number of halogens is 1. The zero-order valence-corrected chi connectivity index (χ0v) is 15.0. The summed E-state index contributed by atoms with van der Waals surface area (Å²) >= 11 is 3.32. The van der Waals surface area contributed by atoms with Gasteiger partial charge in [0.05, 0.1) is 11.4 Å². The maximum absolute atomic E-state index is 12.1. The monoisotopic (exact) mass is 355 g/mol. The van der Waals surface area contributed by atoms with Gasteiger partial charge in [-0.05, 0) is 65.7 Å². The van der Waals surface area contributed by atoms with Crippen LogP contribution in [0.3, 0.4) is 0 Å². The largest absolute Gasteiger partial charge is 0.330 e. The van der Waals surface area contributed by atoms with Gasteiger partial charge in [-0.3, -0.25) is 4.79 Å². The Kier molecular flexibility index (Phi) is 6.81. The second kappa shape index (κ2) is 7.90. The lowest BCUT2D eigenvalue weighted by molar-refractivity contribution is -0.116. The molecule has 1 heterocycles. The van der Waals surface area contributed by atoms with Gasteiger partial charge in [0, 0.05) is 6.42 Å². The number of anilines is 1. The van der Waals surface area contributed by atoms with Gasteiger partial charge in [0.25, 0.3) is 0 Å². The van der Waals surface area contributed by atoms with Crippen molar-refractivity contribution in [3.63, 3.8) is 0 Å². The molecule has 3 N–H and O–H groups in total. The van der Waals surface area contributed by atoms with Crippen molar-refractivity contribution >= 4 is 27.5 Å². The van der Waals surface area contributed by atoms with E-state index in [9.17, 15) is 4.79 Å². The highest BCUT2D eigenvalue weighted by molar-refractivity contribution is 9.10. The van der Waals surface area contributed by atoms with E-state index in [0.717, 1.165) is 28.8 Å². The van der Waals surface area contributed by atoms with Crippen LogP contribution in [0, 0.1) is 18.3 Å². The number of carbonyl (C=O) groups excluding carboxylic acids is 1. The molecule has 0 bridgehead atoms. The summed E-state index contributed by atoms with van der Waals surface area (Å²) in [5.74, 6) is 0.492. The van der Waals surface area contributed by atoms with Crippen molar-refractivity contribution in [1.82, 2.24) is 4.98 Å². The van der Waals surface area contributed by atoms with Gasteiger partial charge in [0.2, 0.25) is 5.91 Å². The predicted octanol–water partition coefficient (Wildman–Crippen LogP) is 3.88. The molecule has 1 aromatic heterocycles. The molecule has 0 aliphatic rings. The van der Waals surface area contributed by atoms with Gasteiger partial charge in [0.15, 0.2) is 0 Å². The van der Waals surface area contributed by atoms with E-state index in [1.54, 1.807) is 0 Å². The van der Waals surface area contributed by atoms with E-state index in [2.05, 4.69) is 47.0 Å². The van der Waals surface area contributed by atoms with Gasteiger partial charge in [-0.1, -0.05) is 20.8 Å². The van der Waals surface area contributed by atoms with E-state index in [-0.39, 0.29) is 11.3 Å². The third kappa shape index (κ3) is 6.14. The van der Waals surface area contributed by atoms with Crippen LogP contribution < -0.4 is 11.1 Å². The lowest BCUT2D eigenvalue weighted by Crippen LogP contribution is -2.25. The van der Waals surface area contributed by atoms with Crippen LogP contribution in [0.15, 0.2) is 16.7 Å². The van der Waals surface area contributed by atoms with Gasteiger partial charge >= 0.3 is 0 Å². The minimum atomic E-state index is 0.0356. The fraction of sp³-hybridized carbons (Fsp3) is 0.625. The highest BCUT2D eigenvalue weighted by atomic mass is 79.9. The van der Waals surface area contributed by atoms with Crippen LogP contribution in [0.5, 0.6) is 0 Å². The van der Waals surface area contributed by atoms with Gasteiger partial charge in [-0.2, -0.15) is 0 Å². The average molecular weight is 356 g/mol. The molecule has 0 fully saturated rings. The molecule has 0 aromatic carbocycles. The van der Waals surface area contributed by atoms with Crippen molar-refractivity contribution in [2.45, 2.75) is 47.0 Å². The summed E-state index contributed by atoms with van der Waals surface area (Å²) in [5, 5.41) is 2.93. The van der Waals surface area contributed by atoms with Gasteiger partial charge in [-0.25, -0.2) is 4.98 Å². The molecule has 0 saturated heterocycles. The highest BCUT2D eigenvalue weighted by Crippen LogP contribution is 2.32. The third-order valence-electron chi connectivity index (χ3n) is 3.79. The summed E-state index contributed by atoms with van der Waals surface area (Å²) in [6, 6.07) is 3.69. The number of carbonyl (C=O) groups is 1. The molecule has 118 valence electrons. The molecular formula is C16H26BrN3O. The number of rotatable bonds is 6. The summed E-state index contributed by atoms with van der Waals surface area (Å²) in [6.07, 6.45) is 2.32. The zero-order chi connectivity index (χ0) is 16.0. The van der Waals surface area contributed by atoms with Gasteiger partial charge in [0.1, 0.15) is 4.60 Å². The Morgan fingerprint density at radius 1 is 1.38 bits per heavy atom. The minimum absolute atomic E-state index is 0.0356. The molecule has 1 amide bonds. The number of pyridine rings is 1. The standard InChI is InChI=1S/C16H26BrN3O/c1-11-13(6-7-14(17)19-11)20-15(21)8-5-12(9-10-18)16(2,3)4/h6-7,12H,5,8-10,18H2,1-4H3,(H,20,21). The Morgan fingerprint density at radius 2 is 2.05 bits per heavy atom. The Morgan fingerprint density at radius 3 is 2.57 bits per heavy atom. The molecule has 4 nitrogen and oxygen atoms in total. The molecule has 0 radical (unpaired) electrons. The van der Waals surface area contributed by atoms with Gasteiger partial charge < -0.3 is 11.1 Å². The first-order valence-corrected chi connectivity index (χ1v) is 8.16. The van der Waals surface area contributed by atoms with Crippen LogP contribution in [0.2, 0.25) is 0 Å². The number of nitrogens with one attached hydrogen (secondary N) is 1. The lowest BCUT2D eigenvalue weighted by atomic mass is 9.76. The van der Waals surface area contributed by atoms with Crippen molar-refractivity contribution in [3.05, 3.63) is 22.4 Å². The van der Waals surface area contributed by atoms with E-state index in [4.69, 9.17) is 5.73 Å². The summed E-state index contributed by atoms with van der Waals surface area (Å²) in [5.41, 5.74) is 7.44. The van der Waals surface area contributed by atoms with Crippen molar-refractivity contribution in [1.29, 1.82) is 0 Å². The zero-order valence-electron chi connectivity index (χ0n) is 13.4. The quantitative estimate of drug-likeness (QED) is 0.760. The van der Waals surface area contributed by atoms with Crippen LogP contribution in [0.4, 0.5) is 5.69 Å². The summed E-state index contributed by atoms with van der Waals surface area (Å²) in [7, 11) is 0. The molecule has 21 heavy (non-hydrogen) atoms. The smallest absolute Gasteiger partial charge is 0.224 e. The Bertz CT molecular complexity index is 483. The van der Waals surface area contributed by atoms with Crippen LogP contribution in [0.1, 0.15) is 45.7 Å². The first-order chi connectivity index (χ1) is 9.74. The molecular weight excluding hydrogens is 330 g/mol. The Labute approximate surface area is 136 Å². The summed E-state index contributed by atoms with van der Waals surface area (Å²) in [6.45, 7) is 9.15. The summed E-state index contributed by atoms with van der Waals surface area (Å²) in [4.78, 5) is 16.4. The molecule has 0 aliphatic carbocycles. The Hall–Kier alpha value is -0.940. The fourth-order valence-electron chi connectivity index (χ4n) is 2.39. The maximum atomic E-state index is 12.1. The predicted molar refractivity (Wildman–Crippen MR) is 91.2 cm³/mol. The number of hydrogen-bond acceptors (Lipinski definition) is 3. The number of amides is 1. The van der Waals surface area contributed by atoms with E-state index in [0.29, 0.717) is 18.9 Å². The SMILES string of the molecule is Cc1nc(Br)ccc1NC(=O)CCC(CCN)C(C)(C)C. The highest BCUT2D eigenvalue weighted by Gasteiger charge is 2.24. The Balaban J connectivity index is 2.57. The third-order valence-corrected chi connectivity index (χ3v) is 4.23. The molecule has 0 spiro atoms. The van der Waals surface area contributed by atoms with Crippen LogP contribution in [-0.4, -0.2) is 17.4 Å². The van der Waals surface area contributed by atoms with Crippen LogP contribution in [-0.2, 0) is 4.79 Å². The maximum Gasteiger partial charge on any atom is 0.224 e. The van der Waals surface area contributed by atoms with Crippen LogP contribution >= 0.6 is 15.9 Å². The number of hydrogen-bond donors (Lipinski definition) is 2.